The summed E-state index contributed by atoms with van der Waals surface area (Å²) in [6, 6.07) is 0. The van der Waals surface area contributed by atoms with Gasteiger partial charge in [0, 0.05) is 26.3 Å². The molecule has 0 saturated carbocycles. The Hall–Kier alpha value is -1.69. The van der Waals surface area contributed by atoms with Crippen molar-refractivity contribution in [3.05, 3.63) is 29.8 Å². The highest BCUT2D eigenvalue weighted by Crippen LogP contribution is 1.94. The van der Waals surface area contributed by atoms with Crippen LogP contribution in [-0.2, 0) is 20.1 Å². The van der Waals surface area contributed by atoms with E-state index in [0.717, 1.165) is 25.3 Å². The third-order valence-corrected chi connectivity index (χ3v) is 2.39. The standard InChI is InChI=1S/C10H16N6/c1-9-5-13-16(8-9)4-3-11-6-10-7-12-14-15(10)2/h5,7-8,11H,3-4,6H2,1-2H3. The van der Waals surface area contributed by atoms with Crippen LogP contribution in [0.25, 0.3) is 0 Å². The minimum absolute atomic E-state index is 0.781. The summed E-state index contributed by atoms with van der Waals surface area (Å²) in [5.74, 6) is 0. The van der Waals surface area contributed by atoms with E-state index in [0.29, 0.717) is 0 Å². The quantitative estimate of drug-likeness (QED) is 0.727. The lowest BCUT2D eigenvalue weighted by atomic mass is 10.4. The first-order valence-corrected chi connectivity index (χ1v) is 5.29. The molecule has 16 heavy (non-hydrogen) atoms. The molecule has 6 heteroatoms. The normalized spacial score (nSPS) is 10.9. The van der Waals surface area contributed by atoms with Crippen molar-refractivity contribution in [3.63, 3.8) is 0 Å². The predicted molar refractivity (Wildman–Crippen MR) is 59.7 cm³/mol. The highest BCUT2D eigenvalue weighted by Gasteiger charge is 1.98. The Morgan fingerprint density at radius 1 is 1.38 bits per heavy atom. The molecule has 0 aromatic carbocycles. The van der Waals surface area contributed by atoms with E-state index in [1.54, 1.807) is 10.9 Å². The van der Waals surface area contributed by atoms with E-state index < -0.39 is 0 Å². The van der Waals surface area contributed by atoms with E-state index >= 15 is 0 Å². The first kappa shape index (κ1) is 10.8. The van der Waals surface area contributed by atoms with Crippen LogP contribution in [0.15, 0.2) is 18.6 Å². The Morgan fingerprint density at radius 2 is 2.25 bits per heavy atom. The monoisotopic (exact) mass is 220 g/mol. The van der Waals surface area contributed by atoms with Gasteiger partial charge in [-0.1, -0.05) is 5.21 Å². The maximum absolute atomic E-state index is 4.21. The van der Waals surface area contributed by atoms with Crippen LogP contribution in [0.1, 0.15) is 11.3 Å². The van der Waals surface area contributed by atoms with Gasteiger partial charge in [-0.05, 0) is 12.5 Å². The molecule has 0 bridgehead atoms. The maximum Gasteiger partial charge on any atom is 0.0738 e. The zero-order valence-electron chi connectivity index (χ0n) is 9.59. The van der Waals surface area contributed by atoms with Crippen LogP contribution < -0.4 is 5.32 Å². The van der Waals surface area contributed by atoms with E-state index in [1.165, 1.54) is 5.56 Å². The molecular weight excluding hydrogens is 204 g/mol. The van der Waals surface area contributed by atoms with Crippen molar-refractivity contribution in [2.75, 3.05) is 6.54 Å². The molecule has 0 aliphatic heterocycles. The van der Waals surface area contributed by atoms with Gasteiger partial charge in [0.2, 0.25) is 0 Å². The van der Waals surface area contributed by atoms with Crippen LogP contribution in [0.4, 0.5) is 0 Å². The molecule has 0 atom stereocenters. The lowest BCUT2D eigenvalue weighted by molar-refractivity contribution is 0.541. The van der Waals surface area contributed by atoms with Gasteiger partial charge in [-0.2, -0.15) is 5.10 Å². The summed E-state index contributed by atoms with van der Waals surface area (Å²) in [7, 11) is 1.89. The average Bonchev–Trinajstić information content (AvgIpc) is 2.83. The molecule has 0 spiro atoms. The van der Waals surface area contributed by atoms with Crippen LogP contribution in [0.3, 0.4) is 0 Å². The molecule has 2 rings (SSSR count). The van der Waals surface area contributed by atoms with Gasteiger partial charge in [-0.15, -0.1) is 5.10 Å². The van der Waals surface area contributed by atoms with Gasteiger partial charge in [0.05, 0.1) is 24.6 Å². The summed E-state index contributed by atoms with van der Waals surface area (Å²) < 4.78 is 3.70. The lowest BCUT2D eigenvalue weighted by Gasteiger charge is -2.04. The highest BCUT2D eigenvalue weighted by molar-refractivity contribution is 4.99. The largest absolute Gasteiger partial charge is 0.309 e. The first-order chi connectivity index (χ1) is 7.75. The third kappa shape index (κ3) is 2.66. The van der Waals surface area contributed by atoms with Crippen LogP contribution in [0, 0.1) is 6.92 Å². The van der Waals surface area contributed by atoms with Crippen molar-refractivity contribution in [3.8, 4) is 0 Å². The molecule has 0 aliphatic rings. The summed E-state index contributed by atoms with van der Waals surface area (Å²) in [5, 5.41) is 15.2. The number of nitrogens with one attached hydrogen (secondary N) is 1. The van der Waals surface area contributed by atoms with Gasteiger partial charge < -0.3 is 5.32 Å². The fourth-order valence-corrected chi connectivity index (χ4v) is 1.47. The van der Waals surface area contributed by atoms with Crippen molar-refractivity contribution >= 4 is 0 Å². The molecule has 0 fully saturated rings. The van der Waals surface area contributed by atoms with Gasteiger partial charge in [0.1, 0.15) is 0 Å². The van der Waals surface area contributed by atoms with E-state index in [4.69, 9.17) is 0 Å². The lowest BCUT2D eigenvalue weighted by Crippen LogP contribution is -2.21. The molecular formula is C10H16N6. The number of rotatable bonds is 5. The van der Waals surface area contributed by atoms with Crippen molar-refractivity contribution in [2.24, 2.45) is 7.05 Å². The Morgan fingerprint density at radius 3 is 2.88 bits per heavy atom. The molecule has 0 unspecified atom stereocenters. The molecule has 6 nitrogen and oxygen atoms in total. The number of aromatic nitrogens is 5. The molecule has 2 aromatic heterocycles. The van der Waals surface area contributed by atoms with Crippen molar-refractivity contribution in [1.29, 1.82) is 0 Å². The van der Waals surface area contributed by atoms with Gasteiger partial charge in [0.25, 0.3) is 0 Å². The topological polar surface area (TPSA) is 60.6 Å². The summed E-state index contributed by atoms with van der Waals surface area (Å²) in [5.41, 5.74) is 2.27. The molecule has 0 aliphatic carbocycles. The smallest absolute Gasteiger partial charge is 0.0738 e. The molecule has 0 saturated heterocycles. The summed E-state index contributed by atoms with van der Waals surface area (Å²) >= 11 is 0. The molecule has 0 radical (unpaired) electrons. The molecule has 86 valence electrons. The van der Waals surface area contributed by atoms with Gasteiger partial charge >= 0.3 is 0 Å². The average molecular weight is 220 g/mol. The van der Waals surface area contributed by atoms with E-state index in [9.17, 15) is 0 Å². The second kappa shape index (κ2) is 4.89. The van der Waals surface area contributed by atoms with Gasteiger partial charge in [-0.25, -0.2) is 0 Å². The van der Waals surface area contributed by atoms with Crippen LogP contribution in [0.5, 0.6) is 0 Å². The molecule has 1 N–H and O–H groups in total. The molecule has 2 heterocycles. The van der Waals surface area contributed by atoms with E-state index in [1.807, 2.05) is 31.0 Å². The van der Waals surface area contributed by atoms with Crippen LogP contribution >= 0.6 is 0 Å². The van der Waals surface area contributed by atoms with E-state index in [-0.39, 0.29) is 0 Å². The zero-order chi connectivity index (χ0) is 11.4. The maximum atomic E-state index is 4.21. The second-order valence-corrected chi connectivity index (χ2v) is 3.81. The summed E-state index contributed by atoms with van der Waals surface area (Å²) in [4.78, 5) is 0. The molecule has 0 amide bonds. The van der Waals surface area contributed by atoms with Crippen LogP contribution in [-0.4, -0.2) is 31.3 Å². The second-order valence-electron chi connectivity index (χ2n) is 3.81. The SMILES string of the molecule is Cc1cnn(CCNCc2cnnn2C)c1. The van der Waals surface area contributed by atoms with Gasteiger partial charge in [0.15, 0.2) is 0 Å². The number of aryl methyl sites for hydroxylation is 2. The number of hydrogen-bond acceptors (Lipinski definition) is 4. The molecule has 2 aromatic rings. The Kier molecular flexibility index (Phi) is 3.31. The highest BCUT2D eigenvalue weighted by atomic mass is 15.4. The van der Waals surface area contributed by atoms with Gasteiger partial charge in [-0.3, -0.25) is 9.36 Å². The fraction of sp³-hybridized carbons (Fsp3) is 0.500. The Balaban J connectivity index is 1.71. The Bertz CT molecular complexity index is 444. The van der Waals surface area contributed by atoms with Crippen molar-refractivity contribution < 1.29 is 0 Å². The minimum Gasteiger partial charge on any atom is -0.309 e. The summed E-state index contributed by atoms with van der Waals surface area (Å²) in [6.45, 7) is 4.58. The van der Waals surface area contributed by atoms with Crippen molar-refractivity contribution in [2.45, 2.75) is 20.0 Å². The third-order valence-electron chi connectivity index (χ3n) is 2.39. The first-order valence-electron chi connectivity index (χ1n) is 5.29. The number of nitrogens with zero attached hydrogens (tertiary/aromatic N) is 5. The number of hydrogen-bond donors (Lipinski definition) is 1. The zero-order valence-corrected chi connectivity index (χ0v) is 9.59. The predicted octanol–water partition coefficient (Wildman–Crippen LogP) is 0.110. The van der Waals surface area contributed by atoms with E-state index in [2.05, 4.69) is 20.7 Å². The Labute approximate surface area is 94.3 Å². The minimum atomic E-state index is 0.781. The van der Waals surface area contributed by atoms with Crippen LogP contribution in [0.2, 0.25) is 0 Å². The van der Waals surface area contributed by atoms with Crippen molar-refractivity contribution in [1.82, 2.24) is 30.1 Å². The summed E-state index contributed by atoms with van der Waals surface area (Å²) in [6.07, 6.45) is 5.67. The fourth-order valence-electron chi connectivity index (χ4n) is 1.47.